The lowest BCUT2D eigenvalue weighted by Crippen LogP contribution is -2.58. The summed E-state index contributed by atoms with van der Waals surface area (Å²) in [5, 5.41) is 8.07. The minimum absolute atomic E-state index is 0.0611. The first-order valence-electron chi connectivity index (χ1n) is 14.5. The molecule has 1 fully saturated rings. The summed E-state index contributed by atoms with van der Waals surface area (Å²) in [6.07, 6.45) is 3.62. The van der Waals surface area contributed by atoms with Crippen LogP contribution < -0.4 is 25.8 Å². The predicted molar refractivity (Wildman–Crippen MR) is 165 cm³/mol. The molecule has 4 aromatic rings. The van der Waals surface area contributed by atoms with Crippen LogP contribution in [0.5, 0.6) is 11.5 Å². The summed E-state index contributed by atoms with van der Waals surface area (Å²) in [6.45, 7) is 0.408. The molecule has 2 atom stereocenters. The van der Waals surface area contributed by atoms with Gasteiger partial charge in [0.1, 0.15) is 23.4 Å². The Morgan fingerprint density at radius 2 is 1.96 bits per heavy atom. The predicted octanol–water partition coefficient (Wildman–Crippen LogP) is 3.35. The number of nitrogen functional groups attached to an aromatic ring is 1. The summed E-state index contributed by atoms with van der Waals surface area (Å²) in [4.78, 5) is 49.5. The van der Waals surface area contributed by atoms with E-state index >= 15 is 0 Å². The number of carbonyl (C=O) groups excluding carboxylic acids is 3. The Morgan fingerprint density at radius 1 is 1.09 bits per heavy atom. The average Bonchev–Trinajstić information content (AvgIpc) is 3.46. The van der Waals surface area contributed by atoms with E-state index in [1.807, 2.05) is 11.4 Å². The van der Waals surface area contributed by atoms with E-state index in [1.54, 1.807) is 41.4 Å². The normalized spacial score (nSPS) is 18.6. The molecule has 232 valence electrons. The van der Waals surface area contributed by atoms with Gasteiger partial charge in [0.2, 0.25) is 5.91 Å². The quantitative estimate of drug-likeness (QED) is 0.312. The number of benzene rings is 2. The molecule has 2 aromatic carbocycles. The number of fused-ring (bicyclic) bond motifs is 8. The first-order valence-corrected chi connectivity index (χ1v) is 15.4. The van der Waals surface area contributed by atoms with Gasteiger partial charge >= 0.3 is 0 Å². The van der Waals surface area contributed by atoms with Gasteiger partial charge in [-0.3, -0.25) is 19.4 Å². The molecule has 0 radical (unpaired) electrons. The Balaban J connectivity index is 1.28. The highest BCUT2D eigenvalue weighted by Crippen LogP contribution is 2.26. The number of halogens is 1. The van der Waals surface area contributed by atoms with Crippen LogP contribution in [0.3, 0.4) is 0 Å². The van der Waals surface area contributed by atoms with Gasteiger partial charge in [-0.25, -0.2) is 9.37 Å². The van der Waals surface area contributed by atoms with E-state index in [0.717, 1.165) is 11.3 Å². The molecule has 45 heavy (non-hydrogen) atoms. The third-order valence-electron chi connectivity index (χ3n) is 7.63. The summed E-state index contributed by atoms with van der Waals surface area (Å²) in [6, 6.07) is 12.4. The zero-order chi connectivity index (χ0) is 31.3. The van der Waals surface area contributed by atoms with Crippen LogP contribution >= 0.6 is 11.3 Å². The maximum absolute atomic E-state index is 14.6. The maximum atomic E-state index is 14.6. The number of pyridine rings is 1. The van der Waals surface area contributed by atoms with Gasteiger partial charge in [0.05, 0.1) is 17.3 Å². The lowest BCUT2D eigenvalue weighted by molar-refractivity contribution is -0.133. The molecule has 6 bridgehead atoms. The van der Waals surface area contributed by atoms with Crippen molar-refractivity contribution in [3.8, 4) is 22.6 Å². The minimum atomic E-state index is -0.612. The van der Waals surface area contributed by atoms with E-state index in [0.29, 0.717) is 47.0 Å². The van der Waals surface area contributed by atoms with Crippen molar-refractivity contribution < 1.29 is 28.2 Å². The van der Waals surface area contributed by atoms with Crippen LogP contribution in [0.2, 0.25) is 0 Å². The van der Waals surface area contributed by atoms with E-state index in [1.165, 1.54) is 29.7 Å². The molecule has 0 saturated carbocycles. The standard InChI is InChI=1S/C32H31FN6O5S/c33-23-8-19-9-26(12-23)44-28-6-7-39(30(41)5-4-24-18-45-32(34)37-24)16-27(28)38-31(42)22-10-21(14-35-15-22)20-2-1-3-25(11-20)43-17-29(40)36-13-19/h1-3,8-12,14-15,18,27-28H,4-7,13,16-17H2,(H2,34,37)(H,36,40)(H,38,42)/t27-,28+/m1/s1. The van der Waals surface area contributed by atoms with Crippen LogP contribution in [0.25, 0.3) is 11.1 Å². The number of nitrogens with two attached hydrogens (primary N) is 1. The molecule has 4 N–H and O–H groups in total. The number of nitrogens with one attached hydrogen (secondary N) is 2. The molecule has 0 aliphatic carbocycles. The molecule has 2 aromatic heterocycles. The fraction of sp³-hybridized carbons (Fsp3) is 0.281. The number of hydrogen-bond donors (Lipinski definition) is 3. The fourth-order valence-corrected chi connectivity index (χ4v) is 5.97. The van der Waals surface area contributed by atoms with E-state index in [4.69, 9.17) is 15.2 Å². The van der Waals surface area contributed by atoms with Crippen molar-refractivity contribution in [1.82, 2.24) is 25.5 Å². The molecule has 2 aliphatic rings. The molecule has 11 nitrogen and oxygen atoms in total. The topological polar surface area (TPSA) is 149 Å². The lowest BCUT2D eigenvalue weighted by Gasteiger charge is -2.39. The third kappa shape index (κ3) is 7.55. The minimum Gasteiger partial charge on any atom is -0.488 e. The lowest BCUT2D eigenvalue weighted by atomic mass is 10.00. The number of nitrogens with zero attached hydrogens (tertiary/aromatic N) is 3. The van der Waals surface area contributed by atoms with Crippen molar-refractivity contribution in [1.29, 1.82) is 0 Å². The zero-order valence-electron chi connectivity index (χ0n) is 24.2. The van der Waals surface area contributed by atoms with E-state index in [-0.39, 0.29) is 43.7 Å². The highest BCUT2D eigenvalue weighted by Gasteiger charge is 2.34. The fourth-order valence-electron chi connectivity index (χ4n) is 5.37. The number of aryl methyl sites for hydroxylation is 1. The molecule has 13 heteroatoms. The zero-order valence-corrected chi connectivity index (χ0v) is 25.0. The molecule has 4 heterocycles. The second kappa shape index (κ2) is 13.3. The first-order chi connectivity index (χ1) is 21.8. The highest BCUT2D eigenvalue weighted by molar-refractivity contribution is 7.13. The second-order valence-corrected chi connectivity index (χ2v) is 11.8. The van der Waals surface area contributed by atoms with Gasteiger partial charge in [-0.2, -0.15) is 0 Å². The van der Waals surface area contributed by atoms with Crippen LogP contribution in [0, 0.1) is 5.82 Å². The number of aromatic nitrogens is 2. The van der Waals surface area contributed by atoms with E-state index in [9.17, 15) is 18.8 Å². The molecular weight excluding hydrogens is 599 g/mol. The Morgan fingerprint density at radius 3 is 2.80 bits per heavy atom. The van der Waals surface area contributed by atoms with Crippen LogP contribution in [-0.4, -0.2) is 64.4 Å². The maximum Gasteiger partial charge on any atom is 0.258 e. The SMILES string of the molecule is Nc1nc(CCC(=O)N2CC[C@@H]3Oc4cc(F)cc(c4)CNC(=O)COc4cccc(c4)-c4cncc(c4)C(=O)N[C@@H]3C2)cs1. The highest BCUT2D eigenvalue weighted by atomic mass is 32.1. The Hall–Kier alpha value is -5.04. The number of rotatable bonds is 3. The van der Waals surface area contributed by atoms with Gasteiger partial charge in [0, 0.05) is 61.9 Å². The summed E-state index contributed by atoms with van der Waals surface area (Å²) >= 11 is 1.33. The van der Waals surface area contributed by atoms with Crippen molar-refractivity contribution in [2.24, 2.45) is 0 Å². The number of likely N-dealkylation sites (tertiary alicyclic amines) is 1. The van der Waals surface area contributed by atoms with E-state index < -0.39 is 23.9 Å². The summed E-state index contributed by atoms with van der Waals surface area (Å²) in [5.41, 5.74) is 8.72. The molecule has 3 amide bonds. The Labute approximate surface area is 262 Å². The van der Waals surface area contributed by atoms with Gasteiger partial charge in [0.15, 0.2) is 11.7 Å². The number of hydrogen-bond acceptors (Lipinski definition) is 9. The number of thiazole rings is 1. The number of carbonyl (C=O) groups is 3. The molecule has 0 unspecified atom stereocenters. The van der Waals surface area contributed by atoms with Gasteiger partial charge < -0.3 is 30.7 Å². The Bertz CT molecular complexity index is 1730. The molecular formula is C32H31FN6O5S. The van der Waals surface area contributed by atoms with Crippen LogP contribution in [0.15, 0.2) is 66.3 Å². The van der Waals surface area contributed by atoms with Crippen LogP contribution in [-0.2, 0) is 22.6 Å². The molecule has 0 spiro atoms. The average molecular weight is 631 g/mol. The van der Waals surface area contributed by atoms with Crippen LogP contribution in [0.1, 0.15) is 34.5 Å². The van der Waals surface area contributed by atoms with Gasteiger partial charge in [-0.1, -0.05) is 12.1 Å². The molecule has 1 saturated heterocycles. The first kappa shape index (κ1) is 30.0. The van der Waals surface area contributed by atoms with Crippen molar-refractivity contribution in [3.63, 3.8) is 0 Å². The summed E-state index contributed by atoms with van der Waals surface area (Å²) in [5.74, 6) is -0.675. The van der Waals surface area contributed by atoms with Gasteiger partial charge in [0.25, 0.3) is 11.8 Å². The van der Waals surface area contributed by atoms with Crippen molar-refractivity contribution in [3.05, 3.63) is 88.9 Å². The Kier molecular flexibility index (Phi) is 8.87. The molecule has 6 rings (SSSR count). The van der Waals surface area contributed by atoms with E-state index in [2.05, 4.69) is 20.6 Å². The summed E-state index contributed by atoms with van der Waals surface area (Å²) in [7, 11) is 0. The van der Waals surface area contributed by atoms with Crippen molar-refractivity contribution in [2.45, 2.75) is 38.0 Å². The summed E-state index contributed by atoms with van der Waals surface area (Å²) < 4.78 is 26.6. The van der Waals surface area contributed by atoms with Gasteiger partial charge in [-0.05, 0) is 47.9 Å². The number of ether oxygens (including phenoxy) is 2. The number of piperidine rings is 1. The smallest absolute Gasteiger partial charge is 0.258 e. The van der Waals surface area contributed by atoms with Gasteiger partial charge in [-0.15, -0.1) is 11.3 Å². The monoisotopic (exact) mass is 630 g/mol. The number of amides is 3. The third-order valence-corrected chi connectivity index (χ3v) is 8.35. The van der Waals surface area contributed by atoms with Crippen molar-refractivity contribution in [2.75, 3.05) is 25.4 Å². The second-order valence-electron chi connectivity index (χ2n) is 10.9. The van der Waals surface area contributed by atoms with Crippen LogP contribution in [0.4, 0.5) is 9.52 Å². The number of anilines is 1. The largest absolute Gasteiger partial charge is 0.488 e. The van der Waals surface area contributed by atoms with Crippen molar-refractivity contribution >= 4 is 34.2 Å². The molecule has 2 aliphatic heterocycles.